The maximum atomic E-state index is 14.3. The molecule has 3 aliphatic rings. The molecule has 2 saturated heterocycles. The van der Waals surface area contributed by atoms with Crippen molar-refractivity contribution in [2.24, 2.45) is 0 Å². The van der Waals surface area contributed by atoms with Gasteiger partial charge in [0.2, 0.25) is 0 Å². The number of anilines is 1. The van der Waals surface area contributed by atoms with Gasteiger partial charge in [0.15, 0.2) is 5.78 Å². The van der Waals surface area contributed by atoms with E-state index in [0.29, 0.717) is 10.9 Å². The molecule has 1 aromatic heterocycles. The molecule has 0 amide bonds. The van der Waals surface area contributed by atoms with Gasteiger partial charge in [0, 0.05) is 84.6 Å². The monoisotopic (exact) mass is 496 g/mol. The van der Waals surface area contributed by atoms with Crippen LogP contribution in [0.5, 0.6) is 0 Å². The number of fused-ring (bicyclic) bond motifs is 4. The minimum atomic E-state index is -3.58. The number of nitrogens with zero attached hydrogens (tertiary/aromatic N) is 3. The average molecular weight is 497 g/mol. The van der Waals surface area contributed by atoms with Crippen LogP contribution in [0.1, 0.15) is 90.9 Å². The topological polar surface area (TPSA) is 72.4 Å². The van der Waals surface area contributed by atoms with Crippen molar-refractivity contribution >= 4 is 22.4 Å². The molecular weight excluding hydrogens is 448 g/mol. The minimum absolute atomic E-state index is 0.0366. The van der Waals surface area contributed by atoms with Crippen molar-refractivity contribution in [1.82, 2.24) is 9.88 Å². The van der Waals surface area contributed by atoms with Crippen molar-refractivity contribution in [1.29, 1.82) is 5.26 Å². The first-order chi connectivity index (χ1) is 23.2. The Balaban J connectivity index is 1.69. The molecule has 6 nitrogen and oxygen atoms in total. The highest BCUT2D eigenvalue weighted by molar-refractivity contribution is 6.20. The van der Waals surface area contributed by atoms with Crippen LogP contribution in [0.2, 0.25) is 0 Å². The molecule has 0 saturated carbocycles. The van der Waals surface area contributed by atoms with Gasteiger partial charge in [-0.25, -0.2) is 0 Å². The van der Waals surface area contributed by atoms with Gasteiger partial charge in [-0.1, -0.05) is 26.8 Å². The number of carbonyl (C=O) groups is 1. The Morgan fingerprint density at radius 2 is 2.08 bits per heavy atom. The Kier molecular flexibility index (Phi) is 3.02. The number of carbonyl (C=O) groups excluding carboxylic acids is 1. The summed E-state index contributed by atoms with van der Waals surface area (Å²) in [7, 11) is 0. The van der Waals surface area contributed by atoms with E-state index in [2.05, 4.69) is 4.98 Å². The van der Waals surface area contributed by atoms with Crippen LogP contribution in [0.25, 0.3) is 10.9 Å². The zero-order valence-electron chi connectivity index (χ0n) is 33.5. The zero-order valence-corrected chi connectivity index (χ0v) is 19.5. The van der Waals surface area contributed by atoms with E-state index in [4.69, 9.17) is 17.1 Å². The summed E-state index contributed by atoms with van der Waals surface area (Å²) < 4.78 is 130. The molecule has 2 fully saturated rings. The van der Waals surface area contributed by atoms with Crippen molar-refractivity contribution in [2.45, 2.75) is 51.3 Å². The fraction of sp³-hybridized carbons (Fsp3) is 0.467. The van der Waals surface area contributed by atoms with Crippen LogP contribution < -0.4 is 4.90 Å². The number of nitriles is 1. The van der Waals surface area contributed by atoms with Gasteiger partial charge in [0.25, 0.3) is 0 Å². The van der Waals surface area contributed by atoms with E-state index in [1.807, 2.05) is 6.07 Å². The lowest BCUT2D eigenvalue weighted by molar-refractivity contribution is 0.0115. The quantitative estimate of drug-likeness (QED) is 0.565. The number of aromatic nitrogens is 1. The molecule has 3 heterocycles. The molecule has 3 aromatic rings. The molecule has 1 N–H and O–H groups in total. The lowest BCUT2D eigenvalue weighted by Crippen LogP contribution is -2.49. The highest BCUT2D eigenvalue weighted by Crippen LogP contribution is 2.46. The number of aromatic amines is 1. The number of benzene rings is 2. The second-order valence-electron chi connectivity index (χ2n) is 9.01. The first-order valence-corrected chi connectivity index (χ1v) is 11.5. The Hall–Kier alpha value is -3.14. The second-order valence-corrected chi connectivity index (χ2v) is 9.01. The average Bonchev–Trinajstić information content (AvgIpc) is 3.47. The fourth-order valence-corrected chi connectivity index (χ4v) is 4.97. The van der Waals surface area contributed by atoms with Crippen molar-refractivity contribution in [3.05, 3.63) is 63.8 Å². The maximum absolute atomic E-state index is 14.3. The van der Waals surface area contributed by atoms with Crippen molar-refractivity contribution < 1.29 is 28.7 Å². The zero-order chi connectivity index (χ0) is 37.0. The van der Waals surface area contributed by atoms with Crippen molar-refractivity contribution in [3.8, 4) is 6.07 Å². The number of nitrogens with one attached hydrogen (secondary N) is 1. The Morgan fingerprint density at radius 1 is 1.28 bits per heavy atom. The number of ketones is 1. The lowest BCUT2D eigenvalue weighted by Gasteiger charge is -2.42. The van der Waals surface area contributed by atoms with Gasteiger partial charge in [-0.3, -0.25) is 9.69 Å². The standard InChI is InChI=1S/C30H34N4O2/c1-4-20-16-23-24(17-26(20)34-9-7-21(8-10-34)33-11-13-36-14-12-33)30(2,3)29-27(28(23)35)22-6-5-19(18-31)15-25(22)32-29/h5-6,15-17,21,32H,4,7-14H2,1-3H3/i1D,2D,3D,4D2,7D2,8D2,9D2,10D2,21D. The number of piperidine rings is 1. The van der Waals surface area contributed by atoms with Crippen LogP contribution >= 0.6 is 0 Å². The minimum Gasteiger partial charge on any atom is -0.379 e. The highest BCUT2D eigenvalue weighted by atomic mass is 16.5. The Labute approximate surface area is 232 Å². The summed E-state index contributed by atoms with van der Waals surface area (Å²) in [5, 5.41) is 9.83. The molecule has 2 aliphatic heterocycles. The molecular formula is C30H34N4O2. The van der Waals surface area contributed by atoms with Gasteiger partial charge in [0.05, 0.1) is 30.4 Å². The SMILES string of the molecule is [2H]CC([2H])([2H])c1cc2c(cc1N1C([2H])([2H])C([2H])([2H])C([2H])(N3CCOCC3)C([2H])([2H])C1([2H])[2H])C(C[2H])(C[2H])c1[nH]c3cc(C#N)ccc3c1C2=O. The second kappa shape index (κ2) is 8.76. The number of H-pyrrole nitrogens is 1. The van der Waals surface area contributed by atoms with E-state index < -0.39 is 81.3 Å². The molecule has 1 aliphatic carbocycles. The molecule has 0 spiro atoms. The van der Waals surface area contributed by atoms with Gasteiger partial charge in [-0.2, -0.15) is 5.26 Å². The largest absolute Gasteiger partial charge is 0.379 e. The third-order valence-electron chi connectivity index (χ3n) is 6.86. The van der Waals surface area contributed by atoms with E-state index >= 15 is 0 Å². The van der Waals surface area contributed by atoms with Crippen LogP contribution in [-0.4, -0.2) is 61.0 Å². The first-order valence-electron chi connectivity index (χ1n) is 19.1. The van der Waals surface area contributed by atoms with Crippen LogP contribution in [0.15, 0.2) is 30.3 Å². The Morgan fingerprint density at radius 3 is 2.81 bits per heavy atom. The molecule has 2 aromatic carbocycles. The van der Waals surface area contributed by atoms with Gasteiger partial charge in [-0.15, -0.1) is 0 Å². The van der Waals surface area contributed by atoms with Crippen molar-refractivity contribution in [2.75, 3.05) is 44.2 Å². The molecule has 0 unspecified atom stereocenters. The van der Waals surface area contributed by atoms with Gasteiger partial charge in [-0.05, 0) is 54.5 Å². The summed E-state index contributed by atoms with van der Waals surface area (Å²) in [4.78, 5) is 18.6. The fourth-order valence-electron chi connectivity index (χ4n) is 4.97. The third kappa shape index (κ3) is 3.56. The number of rotatable bonds is 3. The van der Waals surface area contributed by atoms with Crippen molar-refractivity contribution in [3.63, 3.8) is 0 Å². The molecule has 0 radical (unpaired) electrons. The lowest BCUT2D eigenvalue weighted by atomic mass is 9.70. The van der Waals surface area contributed by atoms with E-state index in [9.17, 15) is 16.9 Å². The number of morpholine rings is 1. The number of ether oxygens (including phenoxy) is 1. The number of aryl methyl sites for hydroxylation is 1. The summed E-state index contributed by atoms with van der Waals surface area (Å²) in [5.74, 6) is -0.676. The summed E-state index contributed by atoms with van der Waals surface area (Å²) in [5.41, 5.74) is -2.52. The van der Waals surface area contributed by atoms with Crippen LogP contribution in [0.3, 0.4) is 0 Å². The van der Waals surface area contributed by atoms with Gasteiger partial charge in [0.1, 0.15) is 0 Å². The normalized spacial score (nSPS) is 32.8. The van der Waals surface area contributed by atoms with Crippen LogP contribution in [0.4, 0.5) is 5.69 Å². The van der Waals surface area contributed by atoms with E-state index in [1.54, 1.807) is 0 Å². The molecule has 6 heteroatoms. The predicted octanol–water partition coefficient (Wildman–Crippen LogP) is 4.77. The summed E-state index contributed by atoms with van der Waals surface area (Å²) in [6, 6.07) is 5.37. The maximum Gasteiger partial charge on any atom is 0.195 e. The summed E-state index contributed by atoms with van der Waals surface area (Å²) >= 11 is 0. The smallest absolute Gasteiger partial charge is 0.195 e. The van der Waals surface area contributed by atoms with Gasteiger partial charge >= 0.3 is 0 Å². The molecule has 6 rings (SSSR count). The first kappa shape index (κ1) is 12.4. The summed E-state index contributed by atoms with van der Waals surface area (Å²) in [6.07, 6.45) is -9.77. The molecule has 0 atom stereocenters. The molecule has 0 bridgehead atoms. The molecule has 186 valence electrons. The van der Waals surface area contributed by atoms with E-state index in [1.165, 1.54) is 18.2 Å². The van der Waals surface area contributed by atoms with Gasteiger partial charge < -0.3 is 14.6 Å². The third-order valence-corrected chi connectivity index (χ3v) is 6.86. The van der Waals surface area contributed by atoms with Crippen LogP contribution in [0, 0.1) is 11.3 Å². The van der Waals surface area contributed by atoms with E-state index in [0.717, 1.165) is 17.0 Å². The number of hydrogen-bond donors (Lipinski definition) is 1. The Bertz CT molecular complexity index is 1900. The van der Waals surface area contributed by atoms with Crippen LogP contribution in [-0.2, 0) is 16.5 Å². The molecule has 36 heavy (non-hydrogen) atoms. The summed E-state index contributed by atoms with van der Waals surface area (Å²) in [6.45, 7) is -9.80. The van der Waals surface area contributed by atoms with E-state index in [-0.39, 0.29) is 59.2 Å². The number of hydrogen-bond acceptors (Lipinski definition) is 5. The highest BCUT2D eigenvalue weighted by Gasteiger charge is 2.40. The predicted molar refractivity (Wildman–Crippen MR) is 142 cm³/mol.